The summed E-state index contributed by atoms with van der Waals surface area (Å²) in [4.78, 5) is 10.8. The molecule has 0 heterocycles. The lowest BCUT2D eigenvalue weighted by molar-refractivity contribution is -0.165. The van der Waals surface area contributed by atoms with E-state index in [1.807, 2.05) is 6.92 Å². The summed E-state index contributed by atoms with van der Waals surface area (Å²) in [5.41, 5.74) is 0. The molecule has 0 fully saturated rings. The van der Waals surface area contributed by atoms with Crippen LogP contribution in [0, 0.1) is 6.42 Å². The normalized spacial score (nSPS) is 12.6. The van der Waals surface area contributed by atoms with Crippen LogP contribution in [0.5, 0.6) is 0 Å². The third kappa shape index (κ3) is 5.85. The third-order valence-corrected chi connectivity index (χ3v) is 1.21. The van der Waals surface area contributed by atoms with Gasteiger partial charge in [-0.1, -0.05) is 13.3 Å². The second-order valence-corrected chi connectivity index (χ2v) is 2.23. The lowest BCUT2D eigenvalue weighted by Gasteiger charge is -2.09. The summed E-state index contributed by atoms with van der Waals surface area (Å²) in [7, 11) is 1.50. The highest BCUT2D eigenvalue weighted by Gasteiger charge is 2.06. The van der Waals surface area contributed by atoms with E-state index in [1.54, 1.807) is 6.92 Å². The minimum atomic E-state index is -0.449. The van der Waals surface area contributed by atoms with Gasteiger partial charge in [0.2, 0.25) is 0 Å². The van der Waals surface area contributed by atoms with Gasteiger partial charge in [0.1, 0.15) is 0 Å². The van der Waals surface area contributed by atoms with Gasteiger partial charge >= 0.3 is 5.97 Å². The third-order valence-electron chi connectivity index (χ3n) is 1.21. The molecule has 0 aliphatic rings. The average Bonchev–Trinajstić information content (AvgIpc) is 2.00. The Labute approximate surface area is 67.7 Å². The highest BCUT2D eigenvalue weighted by Crippen LogP contribution is 1.98. The van der Waals surface area contributed by atoms with Crippen molar-refractivity contribution in [3.63, 3.8) is 0 Å². The number of rotatable bonds is 5. The van der Waals surface area contributed by atoms with Gasteiger partial charge in [-0.2, -0.15) is 0 Å². The second-order valence-electron chi connectivity index (χ2n) is 2.23. The summed E-state index contributed by atoms with van der Waals surface area (Å²) in [6, 6.07) is 0. The Bertz CT molecular complexity index is 112. The Balaban J connectivity index is 3.36. The van der Waals surface area contributed by atoms with Gasteiger partial charge in [-0.05, 0) is 13.3 Å². The molecule has 0 aliphatic heterocycles. The highest BCUT2D eigenvalue weighted by atomic mass is 16.7. The first-order chi connectivity index (χ1) is 5.20. The van der Waals surface area contributed by atoms with Crippen LogP contribution in [-0.4, -0.2) is 19.4 Å². The molecule has 0 aromatic rings. The number of unbranched alkanes of at least 4 members (excludes halogenated alkanes) is 1. The summed E-state index contributed by atoms with van der Waals surface area (Å²) < 4.78 is 9.52. The number of hydrogen-bond acceptors (Lipinski definition) is 3. The van der Waals surface area contributed by atoms with Crippen LogP contribution < -0.4 is 0 Å². The van der Waals surface area contributed by atoms with Crippen molar-refractivity contribution in [1.29, 1.82) is 0 Å². The molecule has 65 valence electrons. The van der Waals surface area contributed by atoms with Crippen molar-refractivity contribution in [1.82, 2.24) is 0 Å². The van der Waals surface area contributed by atoms with Crippen molar-refractivity contribution in [3.8, 4) is 0 Å². The van der Waals surface area contributed by atoms with Crippen LogP contribution in [0.1, 0.15) is 26.7 Å². The predicted molar refractivity (Wildman–Crippen MR) is 41.8 cm³/mol. The Morgan fingerprint density at radius 3 is 2.73 bits per heavy atom. The van der Waals surface area contributed by atoms with Crippen LogP contribution >= 0.6 is 0 Å². The quantitative estimate of drug-likeness (QED) is 0.450. The first-order valence-electron chi connectivity index (χ1n) is 3.77. The van der Waals surface area contributed by atoms with Crippen LogP contribution in [0.3, 0.4) is 0 Å². The van der Waals surface area contributed by atoms with Crippen LogP contribution in [0.25, 0.3) is 0 Å². The fourth-order valence-electron chi connectivity index (χ4n) is 0.522. The molecule has 0 aromatic carbocycles. The maximum atomic E-state index is 10.8. The number of carbonyl (C=O) groups excluding carboxylic acids is 1. The van der Waals surface area contributed by atoms with E-state index >= 15 is 0 Å². The predicted octanol–water partition coefficient (Wildman–Crippen LogP) is 1.53. The zero-order valence-electron chi connectivity index (χ0n) is 7.29. The average molecular weight is 159 g/mol. The lowest BCUT2D eigenvalue weighted by atomic mass is 10.2. The van der Waals surface area contributed by atoms with Crippen LogP contribution in [-0.2, 0) is 14.3 Å². The molecule has 0 amide bonds. The summed E-state index contributed by atoms with van der Waals surface area (Å²) in [5, 5.41) is 0. The molecule has 3 heteroatoms. The molecular weight excluding hydrogens is 144 g/mol. The topological polar surface area (TPSA) is 35.5 Å². The van der Waals surface area contributed by atoms with E-state index in [4.69, 9.17) is 9.47 Å². The van der Waals surface area contributed by atoms with Gasteiger partial charge in [-0.15, -0.1) is 0 Å². The van der Waals surface area contributed by atoms with E-state index in [1.165, 1.54) is 13.5 Å². The van der Waals surface area contributed by atoms with Crippen molar-refractivity contribution >= 4 is 5.97 Å². The van der Waals surface area contributed by atoms with Gasteiger partial charge in [0.25, 0.3) is 0 Å². The number of carbonyl (C=O) groups is 1. The maximum absolute atomic E-state index is 10.8. The first kappa shape index (κ1) is 10.4. The largest absolute Gasteiger partial charge is 0.436 e. The van der Waals surface area contributed by atoms with Crippen molar-refractivity contribution < 1.29 is 14.3 Å². The summed E-state index contributed by atoms with van der Waals surface area (Å²) in [5.74, 6) is -0.304. The fraction of sp³-hybridized carbons (Fsp3) is 0.750. The zero-order chi connectivity index (χ0) is 8.69. The SMILES string of the molecule is CCC[CH]C(=O)OC(C)OC. The molecule has 0 bridgehead atoms. The van der Waals surface area contributed by atoms with E-state index in [0.29, 0.717) is 0 Å². The Hall–Kier alpha value is -0.570. The summed E-state index contributed by atoms with van der Waals surface area (Å²) in [6.07, 6.45) is 2.79. The monoisotopic (exact) mass is 159 g/mol. The summed E-state index contributed by atoms with van der Waals surface area (Å²) >= 11 is 0. The van der Waals surface area contributed by atoms with Gasteiger partial charge in [0.05, 0.1) is 6.42 Å². The molecule has 0 rings (SSSR count). The molecule has 11 heavy (non-hydrogen) atoms. The molecule has 0 spiro atoms. The molecule has 3 nitrogen and oxygen atoms in total. The lowest BCUT2D eigenvalue weighted by Crippen LogP contribution is -2.16. The number of hydrogen-bond donors (Lipinski definition) is 0. The first-order valence-corrected chi connectivity index (χ1v) is 3.77. The molecule has 1 atom stereocenters. The van der Waals surface area contributed by atoms with Crippen molar-refractivity contribution in [2.75, 3.05) is 7.11 Å². The van der Waals surface area contributed by atoms with Crippen molar-refractivity contribution in [3.05, 3.63) is 6.42 Å². The van der Waals surface area contributed by atoms with Crippen LogP contribution in [0.2, 0.25) is 0 Å². The van der Waals surface area contributed by atoms with Gasteiger partial charge < -0.3 is 9.47 Å². The maximum Gasteiger partial charge on any atom is 0.312 e. The van der Waals surface area contributed by atoms with Gasteiger partial charge in [0.15, 0.2) is 6.29 Å². The summed E-state index contributed by atoms with van der Waals surface area (Å²) in [6.45, 7) is 3.68. The van der Waals surface area contributed by atoms with Crippen molar-refractivity contribution in [2.45, 2.75) is 33.0 Å². The van der Waals surface area contributed by atoms with Crippen LogP contribution in [0.15, 0.2) is 0 Å². The molecule has 1 unspecified atom stereocenters. The minimum absolute atomic E-state index is 0.304. The number of ether oxygens (including phenoxy) is 2. The fourth-order valence-corrected chi connectivity index (χ4v) is 0.522. The van der Waals surface area contributed by atoms with E-state index in [-0.39, 0.29) is 5.97 Å². The zero-order valence-corrected chi connectivity index (χ0v) is 7.29. The van der Waals surface area contributed by atoms with E-state index in [0.717, 1.165) is 12.8 Å². The van der Waals surface area contributed by atoms with E-state index in [2.05, 4.69) is 0 Å². The Morgan fingerprint density at radius 2 is 2.27 bits per heavy atom. The van der Waals surface area contributed by atoms with Gasteiger partial charge in [-0.25, -0.2) is 0 Å². The van der Waals surface area contributed by atoms with Crippen LogP contribution in [0.4, 0.5) is 0 Å². The standard InChI is InChI=1S/C8H15O3/c1-4-5-6-8(9)11-7(2)10-3/h6-7H,4-5H2,1-3H3. The van der Waals surface area contributed by atoms with Gasteiger partial charge in [0, 0.05) is 7.11 Å². The molecule has 1 radical (unpaired) electrons. The molecule has 0 N–H and O–H groups in total. The van der Waals surface area contributed by atoms with Gasteiger partial charge in [-0.3, -0.25) is 4.79 Å². The number of esters is 1. The number of methoxy groups -OCH3 is 1. The molecular formula is C8H15O3. The minimum Gasteiger partial charge on any atom is -0.436 e. The molecule has 0 saturated carbocycles. The molecule has 0 aromatic heterocycles. The molecule has 0 aliphatic carbocycles. The highest BCUT2D eigenvalue weighted by molar-refractivity contribution is 5.78. The Morgan fingerprint density at radius 1 is 1.64 bits per heavy atom. The Kier molecular flexibility index (Phi) is 5.84. The van der Waals surface area contributed by atoms with Crippen molar-refractivity contribution in [2.24, 2.45) is 0 Å². The van der Waals surface area contributed by atoms with E-state index in [9.17, 15) is 4.79 Å². The second kappa shape index (κ2) is 6.16. The molecule has 0 saturated heterocycles. The van der Waals surface area contributed by atoms with E-state index < -0.39 is 6.29 Å². The smallest absolute Gasteiger partial charge is 0.312 e.